The summed E-state index contributed by atoms with van der Waals surface area (Å²) in [5, 5.41) is 2.79. The van der Waals surface area contributed by atoms with Crippen LogP contribution in [0.3, 0.4) is 0 Å². The van der Waals surface area contributed by atoms with Crippen LogP contribution in [0, 0.1) is 0 Å². The number of nitrogens with zero attached hydrogens (tertiary/aromatic N) is 1. The van der Waals surface area contributed by atoms with E-state index in [-0.39, 0.29) is 24.4 Å². The van der Waals surface area contributed by atoms with Gasteiger partial charge < -0.3 is 15.0 Å². The standard InChI is InChI=1S/C16H24N2O3/c1-5-18(11-15(19)17-12(3)4)16(20)13-7-9-14(10-8-13)21-6-2/h7-10,12H,5-6,11H2,1-4H3,(H,17,19). The van der Waals surface area contributed by atoms with E-state index in [0.717, 1.165) is 5.75 Å². The molecule has 0 saturated carbocycles. The van der Waals surface area contributed by atoms with Crippen molar-refractivity contribution in [2.24, 2.45) is 0 Å². The normalized spacial score (nSPS) is 10.3. The van der Waals surface area contributed by atoms with Gasteiger partial charge in [0.1, 0.15) is 5.75 Å². The SMILES string of the molecule is CCOc1ccc(C(=O)N(CC)CC(=O)NC(C)C)cc1. The molecule has 0 fully saturated rings. The largest absolute Gasteiger partial charge is 0.494 e. The van der Waals surface area contributed by atoms with Gasteiger partial charge in [0.25, 0.3) is 5.91 Å². The van der Waals surface area contributed by atoms with Gasteiger partial charge in [0.15, 0.2) is 0 Å². The second-order valence-electron chi connectivity index (χ2n) is 5.00. The van der Waals surface area contributed by atoms with Crippen LogP contribution in [0.25, 0.3) is 0 Å². The fraction of sp³-hybridized carbons (Fsp3) is 0.500. The Morgan fingerprint density at radius 1 is 1.19 bits per heavy atom. The maximum atomic E-state index is 12.4. The van der Waals surface area contributed by atoms with Gasteiger partial charge in [-0.25, -0.2) is 0 Å². The molecule has 0 heterocycles. The molecule has 0 radical (unpaired) electrons. The van der Waals surface area contributed by atoms with Crippen molar-refractivity contribution >= 4 is 11.8 Å². The number of ether oxygens (including phenoxy) is 1. The summed E-state index contributed by atoms with van der Waals surface area (Å²) in [5.74, 6) is 0.431. The quantitative estimate of drug-likeness (QED) is 0.837. The number of nitrogens with one attached hydrogen (secondary N) is 1. The lowest BCUT2D eigenvalue weighted by molar-refractivity contribution is -0.122. The molecule has 1 N–H and O–H groups in total. The third-order valence-electron chi connectivity index (χ3n) is 2.87. The Morgan fingerprint density at radius 3 is 2.29 bits per heavy atom. The molecule has 21 heavy (non-hydrogen) atoms. The van der Waals surface area contributed by atoms with Crippen LogP contribution in [-0.2, 0) is 4.79 Å². The third kappa shape index (κ3) is 5.45. The monoisotopic (exact) mass is 292 g/mol. The van der Waals surface area contributed by atoms with Gasteiger partial charge in [-0.2, -0.15) is 0 Å². The fourth-order valence-corrected chi connectivity index (χ4v) is 1.91. The number of carbonyl (C=O) groups excluding carboxylic acids is 2. The van der Waals surface area contributed by atoms with Crippen molar-refractivity contribution in [3.05, 3.63) is 29.8 Å². The van der Waals surface area contributed by atoms with Crippen molar-refractivity contribution in [3.63, 3.8) is 0 Å². The minimum atomic E-state index is -0.153. The third-order valence-corrected chi connectivity index (χ3v) is 2.87. The number of carbonyl (C=O) groups is 2. The highest BCUT2D eigenvalue weighted by Gasteiger charge is 2.17. The van der Waals surface area contributed by atoms with E-state index in [1.165, 1.54) is 4.90 Å². The van der Waals surface area contributed by atoms with Crippen molar-refractivity contribution in [1.29, 1.82) is 0 Å². The van der Waals surface area contributed by atoms with Gasteiger partial charge in [0.05, 0.1) is 13.2 Å². The number of benzene rings is 1. The zero-order chi connectivity index (χ0) is 15.8. The van der Waals surface area contributed by atoms with Gasteiger partial charge in [-0.15, -0.1) is 0 Å². The second kappa shape index (κ2) is 8.29. The maximum Gasteiger partial charge on any atom is 0.254 e. The molecule has 0 aromatic heterocycles. The minimum Gasteiger partial charge on any atom is -0.494 e. The van der Waals surface area contributed by atoms with Crippen LogP contribution in [0.15, 0.2) is 24.3 Å². The summed E-state index contributed by atoms with van der Waals surface area (Å²) < 4.78 is 5.35. The van der Waals surface area contributed by atoms with Crippen LogP contribution in [0.4, 0.5) is 0 Å². The lowest BCUT2D eigenvalue weighted by atomic mass is 10.2. The molecule has 0 spiro atoms. The van der Waals surface area contributed by atoms with Gasteiger partial charge in [-0.3, -0.25) is 9.59 Å². The Kier molecular flexibility index (Phi) is 6.72. The molecule has 5 nitrogen and oxygen atoms in total. The number of hydrogen-bond acceptors (Lipinski definition) is 3. The van der Waals surface area contributed by atoms with Crippen molar-refractivity contribution in [1.82, 2.24) is 10.2 Å². The second-order valence-corrected chi connectivity index (χ2v) is 5.00. The molecular formula is C16H24N2O3. The summed E-state index contributed by atoms with van der Waals surface area (Å²) in [4.78, 5) is 25.7. The first-order chi connectivity index (χ1) is 9.97. The molecule has 0 aliphatic heterocycles. The van der Waals surface area contributed by atoms with Crippen molar-refractivity contribution in [3.8, 4) is 5.75 Å². The lowest BCUT2D eigenvalue weighted by Gasteiger charge is -2.21. The molecule has 1 aromatic carbocycles. The molecule has 116 valence electrons. The molecule has 0 aliphatic carbocycles. The van der Waals surface area contributed by atoms with Crippen LogP contribution in [0.2, 0.25) is 0 Å². The van der Waals surface area contributed by atoms with Gasteiger partial charge in [0.2, 0.25) is 5.91 Å². The Morgan fingerprint density at radius 2 is 1.81 bits per heavy atom. The summed E-state index contributed by atoms with van der Waals surface area (Å²) in [6, 6.07) is 7.03. The molecule has 2 amide bonds. The zero-order valence-corrected chi connectivity index (χ0v) is 13.2. The molecule has 0 saturated heterocycles. The van der Waals surface area contributed by atoms with E-state index >= 15 is 0 Å². The minimum absolute atomic E-state index is 0.0665. The van der Waals surface area contributed by atoms with Crippen LogP contribution < -0.4 is 10.1 Å². The predicted octanol–water partition coefficient (Wildman–Crippen LogP) is 2.07. The van der Waals surface area contributed by atoms with E-state index in [1.807, 2.05) is 27.7 Å². The Balaban J connectivity index is 2.71. The summed E-state index contributed by atoms with van der Waals surface area (Å²) in [6.07, 6.45) is 0. The average molecular weight is 292 g/mol. The first-order valence-corrected chi connectivity index (χ1v) is 7.29. The molecule has 0 aliphatic rings. The Labute approximate surface area is 126 Å². The molecular weight excluding hydrogens is 268 g/mol. The van der Waals surface area contributed by atoms with Crippen LogP contribution >= 0.6 is 0 Å². The molecule has 0 atom stereocenters. The number of rotatable bonds is 7. The molecule has 1 rings (SSSR count). The van der Waals surface area contributed by atoms with Crippen LogP contribution in [0.5, 0.6) is 5.75 Å². The highest BCUT2D eigenvalue weighted by molar-refractivity contribution is 5.96. The zero-order valence-electron chi connectivity index (χ0n) is 13.2. The molecule has 5 heteroatoms. The smallest absolute Gasteiger partial charge is 0.254 e. The summed E-state index contributed by atoms with van der Waals surface area (Å²) in [6.45, 7) is 8.69. The van der Waals surface area contributed by atoms with E-state index in [0.29, 0.717) is 18.7 Å². The number of amides is 2. The van der Waals surface area contributed by atoms with E-state index < -0.39 is 0 Å². The highest BCUT2D eigenvalue weighted by Crippen LogP contribution is 2.13. The summed E-state index contributed by atoms with van der Waals surface area (Å²) in [5.41, 5.74) is 0.553. The van der Waals surface area contributed by atoms with E-state index in [2.05, 4.69) is 5.32 Å². The van der Waals surface area contributed by atoms with E-state index in [4.69, 9.17) is 4.74 Å². The topological polar surface area (TPSA) is 58.6 Å². The first kappa shape index (κ1) is 17.0. The van der Waals surface area contributed by atoms with Crippen molar-refractivity contribution < 1.29 is 14.3 Å². The molecule has 1 aromatic rings. The highest BCUT2D eigenvalue weighted by atomic mass is 16.5. The van der Waals surface area contributed by atoms with Gasteiger partial charge in [-0.05, 0) is 52.0 Å². The van der Waals surface area contributed by atoms with Crippen LogP contribution in [0.1, 0.15) is 38.1 Å². The first-order valence-electron chi connectivity index (χ1n) is 7.29. The fourth-order valence-electron chi connectivity index (χ4n) is 1.91. The summed E-state index contributed by atoms with van der Waals surface area (Å²) >= 11 is 0. The van der Waals surface area contributed by atoms with Gasteiger partial charge in [0, 0.05) is 18.2 Å². The average Bonchev–Trinajstić information content (AvgIpc) is 2.44. The number of hydrogen-bond donors (Lipinski definition) is 1. The van der Waals surface area contributed by atoms with Gasteiger partial charge >= 0.3 is 0 Å². The molecule has 0 unspecified atom stereocenters. The predicted molar refractivity (Wildman–Crippen MR) is 82.5 cm³/mol. The van der Waals surface area contributed by atoms with Crippen LogP contribution in [-0.4, -0.2) is 42.5 Å². The Bertz CT molecular complexity index is 469. The lowest BCUT2D eigenvalue weighted by Crippen LogP contribution is -2.42. The van der Waals surface area contributed by atoms with E-state index in [9.17, 15) is 9.59 Å². The number of likely N-dealkylation sites (N-methyl/N-ethyl adjacent to an activating group) is 1. The van der Waals surface area contributed by atoms with Crippen molar-refractivity contribution in [2.45, 2.75) is 33.7 Å². The molecule has 0 bridgehead atoms. The van der Waals surface area contributed by atoms with Crippen molar-refractivity contribution in [2.75, 3.05) is 19.7 Å². The van der Waals surface area contributed by atoms with E-state index in [1.54, 1.807) is 24.3 Å². The summed E-state index contributed by atoms with van der Waals surface area (Å²) in [7, 11) is 0. The Hall–Kier alpha value is -2.04. The maximum absolute atomic E-state index is 12.4. The van der Waals surface area contributed by atoms with Gasteiger partial charge in [-0.1, -0.05) is 0 Å².